The standard InChI is InChI=1S/C62H48N4O.Pt/c1-41-35-59(63-39-54(41)43-29-31-46(32-30-43)62(2,3)4)66-55-26-12-11-24-51(55)52-34-33-49(38-58(52)66)67-48-23-16-22-47(37-48)64-40-65(57-28-14-13-27-56(57)64)61-53(42-17-7-5-8-18-42)36-45-21-15-25-50(45)60(61)44-19-9-6-10-20-44;/h5-14,16-20,22-24,26-36,39H,15,21,25H2,1-4H3;/q-2;. The second kappa shape index (κ2) is 16.8. The van der Waals surface area contributed by atoms with Crippen molar-refractivity contribution in [2.45, 2.75) is 52.4 Å². The molecule has 6 heteroatoms. The number of para-hydroxylation sites is 3. The van der Waals surface area contributed by atoms with Crippen LogP contribution in [0.25, 0.3) is 83.4 Å². The minimum atomic E-state index is 0.0928. The molecule has 1 aliphatic rings. The molecule has 3 aromatic heterocycles. The average Bonchev–Trinajstić information content (AvgIpc) is 4.05. The number of hydrogen-bond acceptors (Lipinski definition) is 2. The first kappa shape index (κ1) is 42.1. The van der Waals surface area contributed by atoms with Gasteiger partial charge in [0.1, 0.15) is 0 Å². The summed E-state index contributed by atoms with van der Waals surface area (Å²) in [4.78, 5) is 5.10. The number of benzene rings is 8. The molecule has 5 nitrogen and oxygen atoms in total. The zero-order chi connectivity index (χ0) is 46.1. The van der Waals surface area contributed by atoms with Gasteiger partial charge >= 0.3 is 312 Å². The molecule has 0 saturated heterocycles. The fourth-order valence-electron chi connectivity index (χ4n) is 10.3. The minimum absolute atomic E-state index is 0.0928. The molecule has 68 heavy (non-hydrogen) atoms. The van der Waals surface area contributed by atoms with Crippen molar-refractivity contribution in [1.82, 2.24) is 18.7 Å². The third-order valence-electron chi connectivity index (χ3n) is 13.6. The van der Waals surface area contributed by atoms with E-state index in [1.807, 2.05) is 18.3 Å². The van der Waals surface area contributed by atoms with Crippen LogP contribution in [-0.4, -0.2) is 18.7 Å². The van der Waals surface area contributed by atoms with Crippen LogP contribution in [0, 0.1) is 22.9 Å². The molecule has 0 amide bonds. The average molecular weight is 1060 g/mol. The van der Waals surface area contributed by atoms with E-state index in [0.717, 1.165) is 84.1 Å². The molecule has 0 radical (unpaired) electrons. The Morgan fingerprint density at radius 2 is 1.24 bits per heavy atom. The van der Waals surface area contributed by atoms with E-state index in [-0.39, 0.29) is 5.41 Å². The number of fused-ring (bicyclic) bond motifs is 5. The summed E-state index contributed by atoms with van der Waals surface area (Å²) in [7, 11) is 0. The summed E-state index contributed by atoms with van der Waals surface area (Å²) >= 11 is 2.52. The van der Waals surface area contributed by atoms with E-state index in [1.54, 1.807) is 0 Å². The van der Waals surface area contributed by atoms with E-state index in [0.29, 0.717) is 11.5 Å². The number of pyridine rings is 1. The Morgan fingerprint density at radius 3 is 1.97 bits per heavy atom. The maximum atomic E-state index is 6.75. The number of ether oxygens (including phenoxy) is 1. The van der Waals surface area contributed by atoms with Crippen molar-refractivity contribution >= 4 is 32.8 Å². The SMILES string of the molecule is Cc1cc(-n2c3[c-]c(Oc4[c-]c(-n5[c](=[Pt])n(-c6c(-c7ccccc7)cc7c(c6-c6ccccc6)CCC7)c6ccccc65)ccc4)ccc3c3ccccc32)ncc1-c1ccc(C(C)(C)C)cc1. The summed E-state index contributed by atoms with van der Waals surface area (Å²) in [6.07, 6.45) is 5.31. The van der Waals surface area contributed by atoms with Gasteiger partial charge in [0.2, 0.25) is 0 Å². The van der Waals surface area contributed by atoms with Gasteiger partial charge in [0.15, 0.2) is 0 Å². The van der Waals surface area contributed by atoms with Crippen molar-refractivity contribution in [3.05, 3.63) is 220 Å². The number of nitrogens with zero attached hydrogens (tertiary/aromatic N) is 4. The van der Waals surface area contributed by atoms with Crippen LogP contribution in [0.1, 0.15) is 49.4 Å². The summed E-state index contributed by atoms with van der Waals surface area (Å²) in [5, 5.41) is 2.22. The van der Waals surface area contributed by atoms with E-state index < -0.39 is 0 Å². The van der Waals surface area contributed by atoms with Crippen LogP contribution < -0.4 is 4.74 Å². The fraction of sp³-hybridized carbons (Fsp3) is 0.129. The molecule has 0 atom stereocenters. The zero-order valence-electron chi connectivity index (χ0n) is 38.5. The second-order valence-corrected chi connectivity index (χ2v) is 19.9. The van der Waals surface area contributed by atoms with Crippen LogP contribution in [0.2, 0.25) is 0 Å². The summed E-state index contributed by atoms with van der Waals surface area (Å²) < 4.78 is 14.8. The van der Waals surface area contributed by atoms with Crippen LogP contribution in [0.4, 0.5) is 0 Å². The van der Waals surface area contributed by atoms with Gasteiger partial charge in [-0.05, 0) is 29.0 Å². The Balaban J connectivity index is 0.961. The van der Waals surface area contributed by atoms with Crippen LogP contribution >= 0.6 is 0 Å². The molecule has 0 saturated carbocycles. The quantitative estimate of drug-likeness (QED) is 0.142. The first-order valence-corrected chi connectivity index (χ1v) is 24.5. The van der Waals surface area contributed by atoms with Crippen molar-refractivity contribution in [2.75, 3.05) is 0 Å². The third kappa shape index (κ3) is 7.20. The van der Waals surface area contributed by atoms with Gasteiger partial charge in [-0.1, -0.05) is 57.2 Å². The molecule has 0 aliphatic heterocycles. The smallest absolute Gasteiger partial charge is 0.0579 e. The summed E-state index contributed by atoms with van der Waals surface area (Å²) in [6.45, 7) is 8.91. The number of aryl methyl sites for hydroxylation is 2. The van der Waals surface area contributed by atoms with Gasteiger partial charge < -0.3 is 0 Å². The van der Waals surface area contributed by atoms with Gasteiger partial charge in [0.05, 0.1) is 0 Å². The monoisotopic (exact) mass is 1060 g/mol. The van der Waals surface area contributed by atoms with Crippen LogP contribution in [0.5, 0.6) is 11.5 Å². The Labute approximate surface area is 408 Å². The Hall–Kier alpha value is -7.33. The number of rotatable bonds is 8. The maximum absolute atomic E-state index is 6.75. The van der Waals surface area contributed by atoms with E-state index in [2.05, 4.69) is 237 Å². The molecular weight excluding hydrogens is 1010 g/mol. The molecule has 334 valence electrons. The molecule has 0 fully saturated rings. The van der Waals surface area contributed by atoms with Gasteiger partial charge in [-0.2, -0.15) is 0 Å². The van der Waals surface area contributed by atoms with E-state index in [9.17, 15) is 0 Å². The molecule has 1 aliphatic carbocycles. The van der Waals surface area contributed by atoms with Crippen LogP contribution in [0.15, 0.2) is 182 Å². The molecule has 3 heterocycles. The first-order valence-electron chi connectivity index (χ1n) is 23.4. The predicted molar refractivity (Wildman–Crippen MR) is 274 cm³/mol. The summed E-state index contributed by atoms with van der Waals surface area (Å²) in [5.41, 5.74) is 19.0. The summed E-state index contributed by atoms with van der Waals surface area (Å²) in [5.74, 6) is 2.04. The van der Waals surface area contributed by atoms with Gasteiger partial charge in [-0.25, -0.2) is 0 Å². The predicted octanol–water partition coefficient (Wildman–Crippen LogP) is 15.5. The molecule has 0 N–H and O–H groups in total. The van der Waals surface area contributed by atoms with Crippen molar-refractivity contribution < 1.29 is 24.1 Å². The molecule has 11 aromatic rings. The molecule has 8 aromatic carbocycles. The second-order valence-electron chi connectivity index (χ2n) is 18.9. The minimum Gasteiger partial charge on any atom is -0.0579 e. The summed E-state index contributed by atoms with van der Waals surface area (Å²) in [6, 6.07) is 70.2. The Bertz CT molecular complexity index is 3800. The molecule has 0 spiro atoms. The Morgan fingerprint density at radius 1 is 0.574 bits per heavy atom. The van der Waals surface area contributed by atoms with Crippen molar-refractivity contribution in [1.29, 1.82) is 0 Å². The number of hydrogen-bond donors (Lipinski definition) is 0. The number of aromatic nitrogens is 4. The van der Waals surface area contributed by atoms with Gasteiger partial charge in [0.25, 0.3) is 0 Å². The van der Waals surface area contributed by atoms with E-state index >= 15 is 0 Å². The van der Waals surface area contributed by atoms with Crippen LogP contribution in [-0.2, 0) is 37.6 Å². The topological polar surface area (TPSA) is 36.9 Å². The van der Waals surface area contributed by atoms with Gasteiger partial charge in [0, 0.05) is 11.8 Å². The van der Waals surface area contributed by atoms with Crippen LogP contribution in [0.3, 0.4) is 0 Å². The molecule has 0 bridgehead atoms. The van der Waals surface area contributed by atoms with Gasteiger partial charge in [-0.15, -0.1) is 0 Å². The molecule has 12 rings (SSSR count). The van der Waals surface area contributed by atoms with E-state index in [4.69, 9.17) is 9.72 Å². The molecule has 0 unspecified atom stereocenters. The zero-order valence-corrected chi connectivity index (χ0v) is 40.7. The first-order chi connectivity index (χ1) is 33.2. The van der Waals surface area contributed by atoms with Crippen molar-refractivity contribution in [3.8, 4) is 62.1 Å². The normalized spacial score (nSPS) is 12.6. The van der Waals surface area contributed by atoms with Crippen molar-refractivity contribution in [2.24, 2.45) is 0 Å². The number of imidazole rings is 1. The Kier molecular flexibility index (Phi) is 10.4. The fourth-order valence-corrected chi connectivity index (χ4v) is 11.4. The van der Waals surface area contributed by atoms with E-state index in [1.165, 1.54) is 44.6 Å². The van der Waals surface area contributed by atoms with Gasteiger partial charge in [-0.3, -0.25) is 0 Å². The van der Waals surface area contributed by atoms with Crippen molar-refractivity contribution in [3.63, 3.8) is 0 Å². The molecular formula is C62H48N4OPt-2. The third-order valence-corrected chi connectivity index (χ3v) is 14.6.